The molecule has 2 aromatic carbocycles. The molecule has 2 aromatic rings. The van der Waals surface area contributed by atoms with E-state index in [4.69, 9.17) is 4.74 Å². The van der Waals surface area contributed by atoms with Gasteiger partial charge >= 0.3 is 11.9 Å². The largest absolute Gasteiger partial charge is 0.465 e. The number of amides is 1. The minimum atomic E-state index is -0.602. The second kappa shape index (κ2) is 7.17. The lowest BCUT2D eigenvalue weighted by molar-refractivity contribution is -0.141. The summed E-state index contributed by atoms with van der Waals surface area (Å²) < 4.78 is 9.96. The number of nitrogens with one attached hydrogen (secondary N) is 1. The van der Waals surface area contributed by atoms with Crippen LogP contribution in [0.2, 0.25) is 0 Å². The zero-order chi connectivity index (χ0) is 17.8. The van der Waals surface area contributed by atoms with E-state index in [9.17, 15) is 14.4 Å². The highest BCUT2D eigenvalue weighted by molar-refractivity contribution is 5.97. The van der Waals surface area contributed by atoms with Crippen molar-refractivity contribution in [2.24, 2.45) is 5.92 Å². The van der Waals surface area contributed by atoms with Crippen LogP contribution in [0.25, 0.3) is 0 Å². The minimum absolute atomic E-state index is 0.0334. The number of rotatable bonds is 4. The lowest BCUT2D eigenvalue weighted by Crippen LogP contribution is -2.25. The van der Waals surface area contributed by atoms with Gasteiger partial charge in [-0.3, -0.25) is 9.59 Å². The Balaban J connectivity index is 1.73. The molecule has 25 heavy (non-hydrogen) atoms. The molecule has 128 valence electrons. The Kier molecular flexibility index (Phi) is 4.79. The molecule has 0 aliphatic carbocycles. The van der Waals surface area contributed by atoms with Crippen LogP contribution < -0.4 is 5.32 Å². The van der Waals surface area contributed by atoms with Gasteiger partial charge in [0.2, 0.25) is 5.91 Å². The zero-order valence-corrected chi connectivity index (χ0v) is 13.6. The first-order valence-corrected chi connectivity index (χ1v) is 7.82. The molecule has 1 heterocycles. The molecule has 1 fully saturated rings. The highest BCUT2D eigenvalue weighted by atomic mass is 16.6. The van der Waals surface area contributed by atoms with Crippen molar-refractivity contribution in [1.29, 1.82) is 0 Å². The molecule has 6 heteroatoms. The van der Waals surface area contributed by atoms with Crippen LogP contribution in [0.3, 0.4) is 0 Å². The van der Waals surface area contributed by atoms with Gasteiger partial charge in [0.1, 0.15) is 6.10 Å². The molecule has 1 amide bonds. The maximum Gasteiger partial charge on any atom is 0.337 e. The topological polar surface area (TPSA) is 81.7 Å². The lowest BCUT2D eigenvalue weighted by atomic mass is 9.94. The van der Waals surface area contributed by atoms with Crippen molar-refractivity contribution >= 4 is 23.5 Å². The first kappa shape index (κ1) is 16.7. The molecule has 0 bridgehead atoms. The molecule has 1 aliphatic heterocycles. The molecule has 6 nitrogen and oxygen atoms in total. The SMILES string of the molecule is COC(=O)c1ccc(NC(=O)[C@@H]2CC(=O)O[C@H]2c2ccccc2)cc1. The van der Waals surface area contributed by atoms with Gasteiger partial charge in [-0.25, -0.2) is 4.79 Å². The number of carbonyl (C=O) groups excluding carboxylic acids is 3. The third kappa shape index (κ3) is 3.68. The third-order valence-electron chi connectivity index (χ3n) is 4.05. The Morgan fingerprint density at radius 2 is 1.76 bits per heavy atom. The van der Waals surface area contributed by atoms with Gasteiger partial charge in [-0.1, -0.05) is 30.3 Å². The predicted molar refractivity (Wildman–Crippen MR) is 89.8 cm³/mol. The number of carbonyl (C=O) groups is 3. The van der Waals surface area contributed by atoms with Crippen molar-refractivity contribution in [3.63, 3.8) is 0 Å². The monoisotopic (exact) mass is 339 g/mol. The summed E-state index contributed by atoms with van der Waals surface area (Å²) in [6.07, 6.45) is -0.561. The summed E-state index contributed by atoms with van der Waals surface area (Å²) in [6, 6.07) is 15.5. The predicted octanol–water partition coefficient (Wildman–Crippen LogP) is 2.72. The number of cyclic esters (lactones) is 1. The number of ether oxygens (including phenoxy) is 2. The normalized spacial score (nSPS) is 19.2. The second-order valence-electron chi connectivity index (χ2n) is 5.69. The molecule has 1 N–H and O–H groups in total. The number of benzene rings is 2. The number of esters is 2. The van der Waals surface area contributed by atoms with Gasteiger partial charge in [-0.05, 0) is 29.8 Å². The van der Waals surface area contributed by atoms with E-state index in [1.54, 1.807) is 24.3 Å². The van der Waals surface area contributed by atoms with E-state index in [1.807, 2.05) is 30.3 Å². The molecular formula is C19H17NO5. The van der Waals surface area contributed by atoms with Gasteiger partial charge < -0.3 is 14.8 Å². The summed E-state index contributed by atoms with van der Waals surface area (Å²) in [5, 5.41) is 2.77. The van der Waals surface area contributed by atoms with E-state index < -0.39 is 24.0 Å². The van der Waals surface area contributed by atoms with Crippen LogP contribution in [-0.4, -0.2) is 25.0 Å². The maximum absolute atomic E-state index is 12.6. The molecular weight excluding hydrogens is 322 g/mol. The van der Waals surface area contributed by atoms with Crippen molar-refractivity contribution in [1.82, 2.24) is 0 Å². The van der Waals surface area contributed by atoms with Gasteiger partial charge in [0, 0.05) is 5.69 Å². The molecule has 1 saturated heterocycles. The Labute approximate surface area is 144 Å². The van der Waals surface area contributed by atoms with Crippen molar-refractivity contribution in [3.05, 3.63) is 65.7 Å². The van der Waals surface area contributed by atoms with E-state index in [2.05, 4.69) is 10.1 Å². The first-order valence-electron chi connectivity index (χ1n) is 7.82. The maximum atomic E-state index is 12.6. The average molecular weight is 339 g/mol. The number of methoxy groups -OCH3 is 1. The summed E-state index contributed by atoms with van der Waals surface area (Å²) in [5.41, 5.74) is 1.71. The summed E-state index contributed by atoms with van der Waals surface area (Å²) in [4.78, 5) is 35.7. The van der Waals surface area contributed by atoms with Crippen LogP contribution in [0.1, 0.15) is 28.4 Å². The Bertz CT molecular complexity index is 785. The fraction of sp³-hybridized carbons (Fsp3) is 0.211. The highest BCUT2D eigenvalue weighted by Gasteiger charge is 2.40. The van der Waals surface area contributed by atoms with E-state index in [0.717, 1.165) is 5.56 Å². The number of hydrogen-bond acceptors (Lipinski definition) is 5. The summed E-state index contributed by atoms with van der Waals surface area (Å²) in [5.74, 6) is -1.74. The van der Waals surface area contributed by atoms with Gasteiger partial charge in [-0.15, -0.1) is 0 Å². The Hall–Kier alpha value is -3.15. The smallest absolute Gasteiger partial charge is 0.337 e. The van der Waals surface area contributed by atoms with Crippen LogP contribution in [0.15, 0.2) is 54.6 Å². The Morgan fingerprint density at radius 3 is 2.40 bits per heavy atom. The number of hydrogen-bond donors (Lipinski definition) is 1. The van der Waals surface area contributed by atoms with E-state index in [-0.39, 0.29) is 12.3 Å². The van der Waals surface area contributed by atoms with Crippen LogP contribution in [0, 0.1) is 5.92 Å². The summed E-state index contributed by atoms with van der Waals surface area (Å²) >= 11 is 0. The summed E-state index contributed by atoms with van der Waals surface area (Å²) in [6.45, 7) is 0. The minimum Gasteiger partial charge on any atom is -0.465 e. The van der Waals surface area contributed by atoms with Crippen LogP contribution in [0.5, 0.6) is 0 Å². The van der Waals surface area contributed by atoms with Crippen LogP contribution in [-0.2, 0) is 19.1 Å². The number of anilines is 1. The standard InChI is InChI=1S/C19H17NO5/c1-24-19(23)13-7-9-14(10-8-13)20-18(22)15-11-16(21)25-17(15)12-5-3-2-4-6-12/h2-10,15,17H,11H2,1H3,(H,20,22)/t15-,17+/m1/s1. The van der Waals surface area contributed by atoms with Crippen molar-refractivity contribution in [3.8, 4) is 0 Å². The Morgan fingerprint density at radius 1 is 1.08 bits per heavy atom. The average Bonchev–Trinajstić information content (AvgIpc) is 3.04. The van der Waals surface area contributed by atoms with E-state index >= 15 is 0 Å². The van der Waals surface area contributed by atoms with Gasteiger partial charge in [0.25, 0.3) is 0 Å². The zero-order valence-electron chi connectivity index (χ0n) is 13.6. The van der Waals surface area contributed by atoms with Gasteiger partial charge in [-0.2, -0.15) is 0 Å². The van der Waals surface area contributed by atoms with Crippen LogP contribution >= 0.6 is 0 Å². The molecule has 0 saturated carbocycles. The molecule has 2 atom stereocenters. The van der Waals surface area contributed by atoms with Crippen LogP contribution in [0.4, 0.5) is 5.69 Å². The molecule has 0 radical (unpaired) electrons. The lowest BCUT2D eigenvalue weighted by Gasteiger charge is -2.17. The molecule has 0 spiro atoms. The third-order valence-corrected chi connectivity index (χ3v) is 4.05. The highest BCUT2D eigenvalue weighted by Crippen LogP contribution is 2.36. The first-order chi connectivity index (χ1) is 12.1. The quantitative estimate of drug-likeness (QED) is 0.866. The second-order valence-corrected chi connectivity index (χ2v) is 5.69. The van der Waals surface area contributed by atoms with Gasteiger partial charge in [0.05, 0.1) is 25.0 Å². The van der Waals surface area contributed by atoms with Crippen molar-refractivity contribution in [2.45, 2.75) is 12.5 Å². The molecule has 1 aliphatic rings. The molecule has 3 rings (SSSR count). The summed E-state index contributed by atoms with van der Waals surface area (Å²) in [7, 11) is 1.30. The molecule has 0 unspecified atom stereocenters. The van der Waals surface area contributed by atoms with E-state index in [1.165, 1.54) is 7.11 Å². The fourth-order valence-electron chi connectivity index (χ4n) is 2.77. The van der Waals surface area contributed by atoms with Gasteiger partial charge in [0.15, 0.2) is 0 Å². The fourth-order valence-corrected chi connectivity index (χ4v) is 2.77. The van der Waals surface area contributed by atoms with Crippen molar-refractivity contribution in [2.75, 3.05) is 12.4 Å². The van der Waals surface area contributed by atoms with E-state index in [0.29, 0.717) is 11.3 Å². The molecule has 0 aromatic heterocycles. The van der Waals surface area contributed by atoms with Crippen molar-refractivity contribution < 1.29 is 23.9 Å².